The number of hydrogen-bond donors (Lipinski definition) is 1. The van der Waals surface area contributed by atoms with E-state index in [4.69, 9.17) is 27.9 Å². The Morgan fingerprint density at radius 3 is 2.40 bits per heavy atom. The van der Waals surface area contributed by atoms with Crippen molar-refractivity contribution in [2.24, 2.45) is 5.92 Å². The standard InChI is InChI=1S/C18H24Cl2N2O3/c1-18(2,3)25-17(24)22-8-6-12(7-9-22)10-16(23)21-13-4-5-14(19)15(20)11-13/h4-5,11-12H,6-10H2,1-3H3,(H,21,23). The first-order valence-corrected chi connectivity index (χ1v) is 9.12. The van der Waals surface area contributed by atoms with Crippen LogP contribution in [0.5, 0.6) is 0 Å². The first-order valence-electron chi connectivity index (χ1n) is 8.37. The van der Waals surface area contributed by atoms with E-state index in [0.717, 1.165) is 12.8 Å². The van der Waals surface area contributed by atoms with Gasteiger partial charge in [0.25, 0.3) is 0 Å². The van der Waals surface area contributed by atoms with Crippen molar-refractivity contribution in [3.63, 3.8) is 0 Å². The molecule has 0 aromatic heterocycles. The molecule has 0 atom stereocenters. The maximum absolute atomic E-state index is 12.2. The third-order valence-corrected chi connectivity index (χ3v) is 4.68. The van der Waals surface area contributed by atoms with Crippen LogP contribution in [0.15, 0.2) is 18.2 Å². The van der Waals surface area contributed by atoms with Crippen molar-refractivity contribution in [1.82, 2.24) is 4.90 Å². The van der Waals surface area contributed by atoms with E-state index in [1.54, 1.807) is 23.1 Å². The molecule has 1 aromatic rings. The Hall–Kier alpha value is -1.46. The smallest absolute Gasteiger partial charge is 0.410 e. The number of anilines is 1. The van der Waals surface area contributed by atoms with Gasteiger partial charge in [-0.2, -0.15) is 0 Å². The molecule has 0 radical (unpaired) electrons. The van der Waals surface area contributed by atoms with Gasteiger partial charge in [0.2, 0.25) is 5.91 Å². The Balaban J connectivity index is 1.78. The number of nitrogens with zero attached hydrogens (tertiary/aromatic N) is 1. The summed E-state index contributed by atoms with van der Waals surface area (Å²) < 4.78 is 5.38. The molecule has 0 bridgehead atoms. The Bertz CT molecular complexity index is 636. The third-order valence-electron chi connectivity index (χ3n) is 3.94. The largest absolute Gasteiger partial charge is 0.444 e. The maximum atomic E-state index is 12.2. The summed E-state index contributed by atoms with van der Waals surface area (Å²) in [5, 5.41) is 3.70. The predicted octanol–water partition coefficient (Wildman–Crippen LogP) is 4.97. The molecule has 1 heterocycles. The average Bonchev–Trinajstić information content (AvgIpc) is 2.50. The lowest BCUT2D eigenvalue weighted by molar-refractivity contribution is -0.117. The number of likely N-dealkylation sites (tertiary alicyclic amines) is 1. The van der Waals surface area contributed by atoms with E-state index in [-0.39, 0.29) is 17.9 Å². The number of hydrogen-bond acceptors (Lipinski definition) is 3. The second-order valence-corrected chi connectivity index (χ2v) is 8.11. The zero-order valence-corrected chi connectivity index (χ0v) is 16.3. The number of rotatable bonds is 3. The van der Waals surface area contributed by atoms with E-state index in [1.165, 1.54) is 0 Å². The van der Waals surface area contributed by atoms with Crippen molar-refractivity contribution in [2.75, 3.05) is 18.4 Å². The minimum atomic E-state index is -0.492. The number of nitrogens with one attached hydrogen (secondary N) is 1. The lowest BCUT2D eigenvalue weighted by atomic mass is 9.93. The number of ether oxygens (including phenoxy) is 1. The molecule has 2 amide bonds. The van der Waals surface area contributed by atoms with Crippen LogP contribution in [0.1, 0.15) is 40.0 Å². The summed E-state index contributed by atoms with van der Waals surface area (Å²) in [6, 6.07) is 5.00. The van der Waals surface area contributed by atoms with Crippen molar-refractivity contribution in [3.8, 4) is 0 Å². The Kier molecular flexibility index (Phi) is 6.58. The summed E-state index contributed by atoms with van der Waals surface area (Å²) in [7, 11) is 0. The highest BCUT2D eigenvalue weighted by Crippen LogP contribution is 2.26. The summed E-state index contributed by atoms with van der Waals surface area (Å²) in [6.45, 7) is 6.78. The second kappa shape index (κ2) is 8.28. The van der Waals surface area contributed by atoms with E-state index in [9.17, 15) is 9.59 Å². The van der Waals surface area contributed by atoms with Crippen molar-refractivity contribution >= 4 is 40.9 Å². The van der Waals surface area contributed by atoms with Crippen LogP contribution in [0.4, 0.5) is 10.5 Å². The lowest BCUT2D eigenvalue weighted by Crippen LogP contribution is -2.42. The van der Waals surface area contributed by atoms with Gasteiger partial charge in [-0.05, 0) is 57.7 Å². The fourth-order valence-corrected chi connectivity index (χ4v) is 2.99. The second-order valence-electron chi connectivity index (χ2n) is 7.29. The zero-order valence-electron chi connectivity index (χ0n) is 14.8. The first kappa shape index (κ1) is 19.9. The molecule has 138 valence electrons. The average molecular weight is 387 g/mol. The van der Waals surface area contributed by atoms with Crippen LogP contribution < -0.4 is 5.32 Å². The number of amides is 2. The number of carbonyl (C=O) groups excluding carboxylic acids is 2. The van der Waals surface area contributed by atoms with Gasteiger partial charge in [0.1, 0.15) is 5.60 Å². The molecule has 1 aliphatic rings. The summed E-state index contributed by atoms with van der Waals surface area (Å²) >= 11 is 11.8. The summed E-state index contributed by atoms with van der Waals surface area (Å²) in [5.74, 6) is 0.190. The van der Waals surface area contributed by atoms with Crippen LogP contribution in [-0.2, 0) is 9.53 Å². The Labute approximate surface area is 158 Å². The summed E-state index contributed by atoms with van der Waals surface area (Å²) in [6.07, 6.45) is 1.70. The predicted molar refractivity (Wildman–Crippen MR) is 100 cm³/mol. The number of halogens is 2. The molecule has 1 N–H and O–H groups in total. The van der Waals surface area contributed by atoms with Gasteiger partial charge in [-0.15, -0.1) is 0 Å². The normalized spacial score (nSPS) is 15.8. The van der Waals surface area contributed by atoms with Crippen molar-refractivity contribution in [2.45, 2.75) is 45.6 Å². The third kappa shape index (κ3) is 6.40. The van der Waals surface area contributed by atoms with E-state index in [1.807, 2.05) is 20.8 Å². The highest BCUT2D eigenvalue weighted by atomic mass is 35.5. The lowest BCUT2D eigenvalue weighted by Gasteiger charge is -2.33. The first-order chi connectivity index (χ1) is 11.6. The van der Waals surface area contributed by atoms with Gasteiger partial charge >= 0.3 is 6.09 Å². The minimum Gasteiger partial charge on any atom is -0.444 e. The summed E-state index contributed by atoms with van der Waals surface area (Å²) in [4.78, 5) is 25.9. The van der Waals surface area contributed by atoms with Gasteiger partial charge in [-0.3, -0.25) is 4.79 Å². The molecule has 0 saturated carbocycles. The Morgan fingerprint density at radius 1 is 1.20 bits per heavy atom. The molecular formula is C18H24Cl2N2O3. The van der Waals surface area contributed by atoms with Crippen LogP contribution in [0.3, 0.4) is 0 Å². The molecule has 25 heavy (non-hydrogen) atoms. The molecule has 0 unspecified atom stereocenters. The van der Waals surface area contributed by atoms with E-state index < -0.39 is 5.60 Å². The summed E-state index contributed by atoms with van der Waals surface area (Å²) in [5.41, 5.74) is 0.138. The number of piperidine rings is 1. The molecule has 1 fully saturated rings. The van der Waals surface area contributed by atoms with E-state index >= 15 is 0 Å². The molecule has 7 heteroatoms. The van der Waals surface area contributed by atoms with Crippen molar-refractivity contribution in [3.05, 3.63) is 28.2 Å². The van der Waals surface area contributed by atoms with Crippen molar-refractivity contribution < 1.29 is 14.3 Å². The van der Waals surface area contributed by atoms with Crippen LogP contribution in [0.25, 0.3) is 0 Å². The van der Waals surface area contributed by atoms with Gasteiger partial charge in [-0.1, -0.05) is 23.2 Å². The Morgan fingerprint density at radius 2 is 1.84 bits per heavy atom. The minimum absolute atomic E-state index is 0.0610. The van der Waals surface area contributed by atoms with Crippen LogP contribution in [-0.4, -0.2) is 35.6 Å². The maximum Gasteiger partial charge on any atom is 0.410 e. The molecular weight excluding hydrogens is 363 g/mol. The highest BCUT2D eigenvalue weighted by Gasteiger charge is 2.27. The molecule has 0 aliphatic carbocycles. The van der Waals surface area contributed by atoms with E-state index in [0.29, 0.717) is 35.2 Å². The monoisotopic (exact) mass is 386 g/mol. The van der Waals surface area contributed by atoms with Gasteiger partial charge in [0.15, 0.2) is 0 Å². The van der Waals surface area contributed by atoms with Gasteiger partial charge in [0.05, 0.1) is 10.0 Å². The molecule has 0 spiro atoms. The molecule has 5 nitrogen and oxygen atoms in total. The number of benzene rings is 1. The fourth-order valence-electron chi connectivity index (χ4n) is 2.69. The van der Waals surface area contributed by atoms with Crippen LogP contribution in [0, 0.1) is 5.92 Å². The number of carbonyl (C=O) groups is 2. The SMILES string of the molecule is CC(C)(C)OC(=O)N1CCC(CC(=O)Nc2ccc(Cl)c(Cl)c2)CC1. The molecule has 1 aromatic carbocycles. The highest BCUT2D eigenvalue weighted by molar-refractivity contribution is 6.42. The molecule has 1 aliphatic heterocycles. The fraction of sp³-hybridized carbons (Fsp3) is 0.556. The van der Waals surface area contributed by atoms with Crippen LogP contribution in [0.2, 0.25) is 10.0 Å². The zero-order chi connectivity index (χ0) is 18.6. The van der Waals surface area contributed by atoms with Gasteiger partial charge in [-0.25, -0.2) is 4.79 Å². The van der Waals surface area contributed by atoms with Crippen LogP contribution >= 0.6 is 23.2 Å². The molecule has 1 saturated heterocycles. The van der Waals surface area contributed by atoms with Gasteiger partial charge < -0.3 is 15.0 Å². The van der Waals surface area contributed by atoms with Crippen molar-refractivity contribution in [1.29, 1.82) is 0 Å². The quantitative estimate of drug-likeness (QED) is 0.797. The van der Waals surface area contributed by atoms with E-state index in [2.05, 4.69) is 5.32 Å². The van der Waals surface area contributed by atoms with Gasteiger partial charge in [0, 0.05) is 25.2 Å². The topological polar surface area (TPSA) is 58.6 Å². The molecule has 2 rings (SSSR count).